The third-order valence-corrected chi connectivity index (χ3v) is 3.17. The summed E-state index contributed by atoms with van der Waals surface area (Å²) in [6, 6.07) is 0. The van der Waals surface area contributed by atoms with Crippen LogP contribution in [0.2, 0.25) is 0 Å². The third kappa shape index (κ3) is 2.49. The number of Topliss-reactive ketones (excluding diaryl/α,β-unsaturated/α-hetero) is 1. The number of hydrogen-bond acceptors (Lipinski definition) is 5. The van der Waals surface area contributed by atoms with Crippen LogP contribution in [-0.2, 0) is 6.42 Å². The van der Waals surface area contributed by atoms with Gasteiger partial charge in [0.15, 0.2) is 10.9 Å². The lowest BCUT2D eigenvalue weighted by Crippen LogP contribution is -2.18. The number of ketones is 1. The van der Waals surface area contributed by atoms with Gasteiger partial charge in [-0.2, -0.15) is 0 Å². The van der Waals surface area contributed by atoms with Gasteiger partial charge in [-0.05, 0) is 19.1 Å². The van der Waals surface area contributed by atoms with Gasteiger partial charge in [-0.3, -0.25) is 4.79 Å². The molecule has 0 aliphatic heterocycles. The SMILES string of the molecule is CSc1ncc2c(n1)CCC(=CN(C)C)C2=O. The minimum atomic E-state index is 0.0626. The topological polar surface area (TPSA) is 46.1 Å². The van der Waals surface area contributed by atoms with Gasteiger partial charge in [-0.25, -0.2) is 9.97 Å². The van der Waals surface area contributed by atoms with Crippen LogP contribution >= 0.6 is 11.8 Å². The first-order valence-electron chi connectivity index (χ1n) is 5.43. The normalized spacial score (nSPS) is 17.1. The van der Waals surface area contributed by atoms with E-state index in [4.69, 9.17) is 0 Å². The number of rotatable bonds is 2. The Morgan fingerprint density at radius 1 is 1.41 bits per heavy atom. The van der Waals surface area contributed by atoms with Crippen LogP contribution < -0.4 is 0 Å². The fourth-order valence-electron chi connectivity index (χ4n) is 1.85. The van der Waals surface area contributed by atoms with Crippen molar-refractivity contribution in [3.63, 3.8) is 0 Å². The highest BCUT2D eigenvalue weighted by molar-refractivity contribution is 7.98. The van der Waals surface area contributed by atoms with Crippen LogP contribution in [0.4, 0.5) is 0 Å². The van der Waals surface area contributed by atoms with Crippen molar-refractivity contribution >= 4 is 17.5 Å². The zero-order valence-corrected chi connectivity index (χ0v) is 11.0. The molecule has 0 fully saturated rings. The number of carbonyl (C=O) groups excluding carboxylic acids is 1. The molecular formula is C12H15N3OS. The molecule has 0 amide bonds. The lowest BCUT2D eigenvalue weighted by molar-refractivity contribution is 0.102. The Hall–Kier alpha value is -1.36. The summed E-state index contributed by atoms with van der Waals surface area (Å²) in [5.41, 5.74) is 2.37. The molecule has 0 saturated carbocycles. The van der Waals surface area contributed by atoms with Gasteiger partial charge in [0.05, 0.1) is 11.3 Å². The van der Waals surface area contributed by atoms with Gasteiger partial charge in [0.2, 0.25) is 0 Å². The average molecular weight is 249 g/mol. The minimum Gasteiger partial charge on any atom is -0.383 e. The maximum atomic E-state index is 12.2. The molecule has 1 aliphatic rings. The molecule has 0 saturated heterocycles. The number of aryl methyl sites for hydroxylation is 1. The average Bonchev–Trinajstić information content (AvgIpc) is 2.32. The molecule has 0 N–H and O–H groups in total. The molecule has 2 rings (SSSR count). The second-order valence-electron chi connectivity index (χ2n) is 4.16. The highest BCUT2D eigenvalue weighted by Crippen LogP contribution is 2.24. The summed E-state index contributed by atoms with van der Waals surface area (Å²) in [7, 11) is 3.84. The van der Waals surface area contributed by atoms with E-state index in [2.05, 4.69) is 9.97 Å². The highest BCUT2D eigenvalue weighted by Gasteiger charge is 2.23. The van der Waals surface area contributed by atoms with Crippen LogP contribution in [0.3, 0.4) is 0 Å². The summed E-state index contributed by atoms with van der Waals surface area (Å²) in [5, 5.41) is 0.733. The molecule has 1 aromatic heterocycles. The first-order chi connectivity index (χ1) is 8.11. The molecule has 0 aromatic carbocycles. The molecule has 1 aromatic rings. The molecule has 0 unspecified atom stereocenters. The summed E-state index contributed by atoms with van der Waals surface area (Å²) in [6.07, 6.45) is 7.04. The molecule has 4 nitrogen and oxygen atoms in total. The molecule has 1 aliphatic carbocycles. The fourth-order valence-corrected chi connectivity index (χ4v) is 2.21. The van der Waals surface area contributed by atoms with E-state index in [1.807, 2.05) is 31.5 Å². The van der Waals surface area contributed by atoms with Crippen LogP contribution in [0, 0.1) is 0 Å². The van der Waals surface area contributed by atoms with E-state index in [9.17, 15) is 4.79 Å². The first kappa shape index (κ1) is 12.1. The van der Waals surface area contributed by atoms with Crippen LogP contribution in [0.1, 0.15) is 22.5 Å². The Bertz CT molecular complexity index is 483. The molecule has 1 heterocycles. The van der Waals surface area contributed by atoms with Gasteiger partial charge in [0.25, 0.3) is 0 Å². The Balaban J connectivity index is 2.37. The molecule has 90 valence electrons. The molecule has 0 atom stereocenters. The lowest BCUT2D eigenvalue weighted by Gasteiger charge is -2.18. The van der Waals surface area contributed by atoms with Crippen molar-refractivity contribution in [1.82, 2.24) is 14.9 Å². The van der Waals surface area contributed by atoms with E-state index >= 15 is 0 Å². The molecule has 5 heteroatoms. The number of fused-ring (bicyclic) bond motifs is 1. The first-order valence-corrected chi connectivity index (χ1v) is 6.66. The minimum absolute atomic E-state index is 0.0626. The van der Waals surface area contributed by atoms with Crippen molar-refractivity contribution in [2.24, 2.45) is 0 Å². The maximum absolute atomic E-state index is 12.2. The van der Waals surface area contributed by atoms with Crippen molar-refractivity contribution < 1.29 is 4.79 Å². The van der Waals surface area contributed by atoms with Crippen molar-refractivity contribution in [3.05, 3.63) is 29.2 Å². The standard InChI is InChI=1S/C12H15N3OS/c1-15(2)7-8-4-5-10-9(11(8)16)6-13-12(14-10)17-3/h6-7H,4-5H2,1-3H3. The Morgan fingerprint density at radius 2 is 2.18 bits per heavy atom. The number of hydrogen-bond donors (Lipinski definition) is 0. The van der Waals surface area contributed by atoms with E-state index < -0.39 is 0 Å². The van der Waals surface area contributed by atoms with Gasteiger partial charge in [-0.15, -0.1) is 0 Å². The summed E-state index contributed by atoms with van der Waals surface area (Å²) < 4.78 is 0. The van der Waals surface area contributed by atoms with E-state index in [-0.39, 0.29) is 5.78 Å². The molecule has 17 heavy (non-hydrogen) atoms. The molecule has 0 radical (unpaired) electrons. The second kappa shape index (κ2) is 4.87. The van der Waals surface area contributed by atoms with Crippen LogP contribution in [0.15, 0.2) is 23.1 Å². The maximum Gasteiger partial charge on any atom is 0.193 e. The monoisotopic (exact) mass is 249 g/mol. The third-order valence-electron chi connectivity index (χ3n) is 2.61. The number of carbonyl (C=O) groups is 1. The van der Waals surface area contributed by atoms with E-state index in [0.29, 0.717) is 5.56 Å². The number of aromatic nitrogens is 2. The Kier molecular flexibility index (Phi) is 3.47. The smallest absolute Gasteiger partial charge is 0.193 e. The number of nitrogens with zero attached hydrogens (tertiary/aromatic N) is 3. The summed E-state index contributed by atoms with van der Waals surface area (Å²) in [6.45, 7) is 0. The van der Waals surface area contributed by atoms with Gasteiger partial charge < -0.3 is 4.90 Å². The fraction of sp³-hybridized carbons (Fsp3) is 0.417. The van der Waals surface area contributed by atoms with Crippen molar-refractivity contribution in [2.45, 2.75) is 18.0 Å². The zero-order valence-electron chi connectivity index (χ0n) is 10.2. The van der Waals surface area contributed by atoms with E-state index in [0.717, 1.165) is 29.3 Å². The number of allylic oxidation sites excluding steroid dienone is 1. The van der Waals surface area contributed by atoms with Crippen LogP contribution in [-0.4, -0.2) is 41.0 Å². The largest absolute Gasteiger partial charge is 0.383 e. The van der Waals surface area contributed by atoms with Gasteiger partial charge in [0, 0.05) is 32.1 Å². The Labute approximate surface area is 105 Å². The number of thioether (sulfide) groups is 1. The summed E-state index contributed by atoms with van der Waals surface area (Å²) >= 11 is 1.50. The summed E-state index contributed by atoms with van der Waals surface area (Å²) in [4.78, 5) is 22.6. The van der Waals surface area contributed by atoms with Crippen molar-refractivity contribution in [2.75, 3.05) is 20.4 Å². The predicted molar refractivity (Wildman–Crippen MR) is 68.2 cm³/mol. The Morgan fingerprint density at radius 3 is 2.82 bits per heavy atom. The molecule has 0 spiro atoms. The molecular weight excluding hydrogens is 234 g/mol. The highest BCUT2D eigenvalue weighted by atomic mass is 32.2. The van der Waals surface area contributed by atoms with E-state index in [1.165, 1.54) is 11.8 Å². The second-order valence-corrected chi connectivity index (χ2v) is 4.94. The quantitative estimate of drug-likeness (QED) is 0.454. The predicted octanol–water partition coefficient (Wildman–Crippen LogP) is 1.77. The molecule has 0 bridgehead atoms. The van der Waals surface area contributed by atoms with Gasteiger partial charge >= 0.3 is 0 Å². The van der Waals surface area contributed by atoms with Crippen molar-refractivity contribution in [1.29, 1.82) is 0 Å². The zero-order chi connectivity index (χ0) is 12.4. The van der Waals surface area contributed by atoms with Crippen LogP contribution in [0.25, 0.3) is 0 Å². The van der Waals surface area contributed by atoms with Gasteiger partial charge in [0.1, 0.15) is 0 Å². The van der Waals surface area contributed by atoms with Crippen LogP contribution in [0.5, 0.6) is 0 Å². The summed E-state index contributed by atoms with van der Waals surface area (Å²) in [5.74, 6) is 0.0626. The van der Waals surface area contributed by atoms with Crippen molar-refractivity contribution in [3.8, 4) is 0 Å². The van der Waals surface area contributed by atoms with Gasteiger partial charge in [-0.1, -0.05) is 11.8 Å². The van der Waals surface area contributed by atoms with E-state index in [1.54, 1.807) is 6.20 Å². The lowest BCUT2D eigenvalue weighted by atomic mass is 9.92.